The number of piperidine rings is 2. The van der Waals surface area contributed by atoms with E-state index in [0.717, 1.165) is 110 Å². The smallest absolute Gasteiger partial charge is 0.397 e. The van der Waals surface area contributed by atoms with Crippen LogP contribution < -0.4 is 11.1 Å². The number of hydrogen-bond donors (Lipinski definition) is 2. The van der Waals surface area contributed by atoms with Crippen molar-refractivity contribution < 1.29 is 18.0 Å². The van der Waals surface area contributed by atoms with Gasteiger partial charge in [-0.2, -0.15) is 13.2 Å². The van der Waals surface area contributed by atoms with Gasteiger partial charge in [-0.05, 0) is 107 Å². The molecule has 0 aromatic heterocycles. The Morgan fingerprint density at radius 3 is 2.29 bits per heavy atom. The van der Waals surface area contributed by atoms with Crippen LogP contribution in [-0.2, 0) is 19.0 Å². The molecule has 8 nitrogen and oxygen atoms in total. The summed E-state index contributed by atoms with van der Waals surface area (Å²) in [6.07, 6.45) is 1.78. The van der Waals surface area contributed by atoms with Crippen LogP contribution in [0.15, 0.2) is 36.4 Å². The number of likely N-dealkylation sites (N-methyl/N-ethyl adjacent to an activating group) is 1. The van der Waals surface area contributed by atoms with E-state index < -0.39 is 17.4 Å². The number of benzene rings is 2. The number of carbonyl (C=O) groups is 1. The fourth-order valence-electron chi connectivity index (χ4n) is 8.19. The molecule has 6 rings (SSSR count). The summed E-state index contributed by atoms with van der Waals surface area (Å²) < 4.78 is 41.4. The van der Waals surface area contributed by atoms with E-state index in [1.807, 2.05) is 23.1 Å². The second kappa shape index (κ2) is 15.5. The van der Waals surface area contributed by atoms with Gasteiger partial charge in [-0.1, -0.05) is 29.8 Å². The predicted octanol–water partition coefficient (Wildman–Crippen LogP) is 5.76. The fourth-order valence-corrected chi connectivity index (χ4v) is 8.44. The Hall–Kier alpha value is -2.57. The molecule has 2 aromatic carbocycles. The minimum absolute atomic E-state index is 0.0183. The van der Waals surface area contributed by atoms with Crippen molar-refractivity contribution >= 4 is 29.0 Å². The number of urea groups is 1. The standard InChI is InChI=1S/C36H51ClF3N7O/c1-43-18-20-46(21-19-43)29-8-15-45(16-9-29)25-26(22-27-23-31(36(38,39)40)34(41)32(37)24-27)6-12-44-13-10-30(11-14-44)47-17-7-28-4-2-3-5-33(28)42-35(47)48/h2-5,23-24,26,29-30H,6-22,25,41H2,1H3,(H,42,48)/t26-/m1/s1. The number of nitrogen functional groups attached to an aromatic ring is 1. The Balaban J connectivity index is 1.06. The van der Waals surface area contributed by atoms with Crippen LogP contribution in [-0.4, -0.2) is 122 Å². The van der Waals surface area contributed by atoms with Crippen molar-refractivity contribution in [2.24, 2.45) is 5.92 Å². The number of likely N-dealkylation sites (tertiary alicyclic amines) is 2. The average molecular weight is 690 g/mol. The van der Waals surface area contributed by atoms with E-state index in [1.54, 1.807) is 6.07 Å². The summed E-state index contributed by atoms with van der Waals surface area (Å²) >= 11 is 6.24. The lowest BCUT2D eigenvalue weighted by molar-refractivity contribution is -0.137. The van der Waals surface area contributed by atoms with Crippen LogP contribution >= 0.6 is 11.6 Å². The summed E-state index contributed by atoms with van der Waals surface area (Å²) in [5.41, 5.74) is 7.17. The maximum Gasteiger partial charge on any atom is 0.418 e. The van der Waals surface area contributed by atoms with E-state index in [2.05, 4.69) is 38.0 Å². The van der Waals surface area contributed by atoms with Crippen LogP contribution in [0.4, 0.5) is 29.3 Å². The Morgan fingerprint density at radius 2 is 1.58 bits per heavy atom. The zero-order valence-electron chi connectivity index (χ0n) is 28.2. The summed E-state index contributed by atoms with van der Waals surface area (Å²) in [6.45, 7) is 10.7. The van der Waals surface area contributed by atoms with E-state index in [4.69, 9.17) is 17.3 Å². The average Bonchev–Trinajstić information content (AvgIpc) is 3.23. The van der Waals surface area contributed by atoms with Gasteiger partial charge in [0.25, 0.3) is 0 Å². The first-order valence-electron chi connectivity index (χ1n) is 17.7. The maximum absolute atomic E-state index is 13.8. The highest BCUT2D eigenvalue weighted by Crippen LogP contribution is 2.38. The zero-order valence-corrected chi connectivity index (χ0v) is 28.9. The molecular formula is C36H51ClF3N7O. The molecule has 264 valence electrons. The van der Waals surface area contributed by atoms with Gasteiger partial charge in [0.15, 0.2) is 0 Å². The molecule has 0 aliphatic carbocycles. The van der Waals surface area contributed by atoms with Gasteiger partial charge in [0, 0.05) is 70.1 Å². The number of anilines is 2. The Labute approximate surface area is 288 Å². The molecular weight excluding hydrogens is 639 g/mol. The minimum atomic E-state index is -4.55. The summed E-state index contributed by atoms with van der Waals surface area (Å²) in [5, 5.41) is 3.07. The van der Waals surface area contributed by atoms with Crippen molar-refractivity contribution in [2.45, 2.75) is 63.2 Å². The Bertz CT molecular complexity index is 1390. The van der Waals surface area contributed by atoms with Crippen LogP contribution in [0.3, 0.4) is 0 Å². The van der Waals surface area contributed by atoms with Gasteiger partial charge in [0.2, 0.25) is 0 Å². The fraction of sp³-hybridized carbons (Fsp3) is 0.639. The highest BCUT2D eigenvalue weighted by molar-refractivity contribution is 6.33. The number of amides is 2. The van der Waals surface area contributed by atoms with Gasteiger partial charge >= 0.3 is 12.2 Å². The molecule has 0 bridgehead atoms. The number of alkyl halides is 3. The van der Waals surface area contributed by atoms with Crippen molar-refractivity contribution in [1.29, 1.82) is 0 Å². The van der Waals surface area contributed by atoms with Crippen LogP contribution in [0.25, 0.3) is 0 Å². The van der Waals surface area contributed by atoms with E-state index in [0.29, 0.717) is 24.6 Å². The molecule has 3 saturated heterocycles. The van der Waals surface area contributed by atoms with Gasteiger partial charge in [-0.15, -0.1) is 0 Å². The molecule has 0 spiro atoms. The lowest BCUT2D eigenvalue weighted by Gasteiger charge is -2.43. The van der Waals surface area contributed by atoms with E-state index in [9.17, 15) is 18.0 Å². The van der Waals surface area contributed by atoms with Crippen molar-refractivity contribution in [3.05, 3.63) is 58.1 Å². The lowest BCUT2D eigenvalue weighted by Crippen LogP contribution is -2.52. The van der Waals surface area contributed by atoms with Crippen molar-refractivity contribution in [2.75, 3.05) is 90.1 Å². The molecule has 2 aromatic rings. The lowest BCUT2D eigenvalue weighted by atomic mass is 9.92. The zero-order chi connectivity index (χ0) is 33.8. The highest BCUT2D eigenvalue weighted by atomic mass is 35.5. The second-order valence-corrected chi connectivity index (χ2v) is 14.8. The van der Waals surface area contributed by atoms with Crippen molar-refractivity contribution in [3.63, 3.8) is 0 Å². The van der Waals surface area contributed by atoms with E-state index >= 15 is 0 Å². The molecule has 0 radical (unpaired) electrons. The van der Waals surface area contributed by atoms with Crippen LogP contribution in [0, 0.1) is 5.92 Å². The number of hydrogen-bond acceptors (Lipinski definition) is 6. The number of nitrogens with zero attached hydrogens (tertiary/aromatic N) is 5. The summed E-state index contributed by atoms with van der Waals surface area (Å²) in [6, 6.07) is 11.6. The van der Waals surface area contributed by atoms with Crippen LogP contribution in [0.1, 0.15) is 48.8 Å². The number of rotatable bonds is 9. The molecule has 1 atom stereocenters. The topological polar surface area (TPSA) is 71.3 Å². The molecule has 48 heavy (non-hydrogen) atoms. The van der Waals surface area contributed by atoms with E-state index in [1.165, 1.54) is 11.6 Å². The predicted molar refractivity (Wildman–Crippen MR) is 187 cm³/mol. The Morgan fingerprint density at radius 1 is 0.917 bits per heavy atom. The quantitative estimate of drug-likeness (QED) is 0.327. The number of para-hydroxylation sites is 1. The first kappa shape index (κ1) is 35.3. The molecule has 12 heteroatoms. The molecule has 4 aliphatic rings. The van der Waals surface area contributed by atoms with Gasteiger partial charge < -0.3 is 30.7 Å². The monoisotopic (exact) mass is 689 g/mol. The second-order valence-electron chi connectivity index (χ2n) is 14.4. The number of nitrogens with one attached hydrogen (secondary N) is 1. The van der Waals surface area contributed by atoms with Gasteiger partial charge in [-0.25, -0.2) is 4.79 Å². The number of halogens is 4. The number of piperazine rings is 1. The van der Waals surface area contributed by atoms with Crippen LogP contribution in [0.2, 0.25) is 5.02 Å². The molecule has 4 aliphatic heterocycles. The third-order valence-electron chi connectivity index (χ3n) is 11.1. The third kappa shape index (κ3) is 8.77. The maximum atomic E-state index is 13.8. The third-order valence-corrected chi connectivity index (χ3v) is 11.5. The summed E-state index contributed by atoms with van der Waals surface area (Å²) in [4.78, 5) is 25.1. The minimum Gasteiger partial charge on any atom is -0.397 e. The van der Waals surface area contributed by atoms with Gasteiger partial charge in [0.05, 0.1) is 16.3 Å². The van der Waals surface area contributed by atoms with Crippen molar-refractivity contribution in [1.82, 2.24) is 24.5 Å². The van der Waals surface area contributed by atoms with Crippen molar-refractivity contribution in [3.8, 4) is 0 Å². The Kier molecular flexibility index (Phi) is 11.4. The first-order chi connectivity index (χ1) is 23.0. The van der Waals surface area contributed by atoms with Gasteiger partial charge in [-0.3, -0.25) is 4.90 Å². The number of fused-ring (bicyclic) bond motifs is 1. The number of nitrogens with two attached hydrogens (primary N) is 1. The molecule has 0 saturated carbocycles. The largest absolute Gasteiger partial charge is 0.418 e. The molecule has 2 amide bonds. The summed E-state index contributed by atoms with van der Waals surface area (Å²) in [7, 11) is 2.18. The normalized spacial score (nSPS) is 22.4. The highest BCUT2D eigenvalue weighted by Gasteiger charge is 2.35. The SMILES string of the molecule is CN1CCN(C2CCN(C[C@H](CCN3CCC(N4CCc5ccccc5NC4=O)CC3)Cc3cc(Cl)c(N)c(C(F)(F)F)c3)CC2)CC1. The molecule has 3 N–H and O–H groups in total. The number of carbonyl (C=O) groups excluding carboxylic acids is 1. The van der Waals surface area contributed by atoms with Gasteiger partial charge in [0.1, 0.15) is 0 Å². The first-order valence-corrected chi connectivity index (χ1v) is 18.1. The molecule has 0 unspecified atom stereocenters. The van der Waals surface area contributed by atoms with E-state index in [-0.39, 0.29) is 23.0 Å². The molecule has 3 fully saturated rings. The van der Waals surface area contributed by atoms with Crippen LogP contribution in [0.5, 0.6) is 0 Å². The molecule has 4 heterocycles. The summed E-state index contributed by atoms with van der Waals surface area (Å²) in [5.74, 6) is 0.179.